The number of sulfonamides is 1. The van der Waals surface area contributed by atoms with E-state index in [9.17, 15) is 18.0 Å². The van der Waals surface area contributed by atoms with Gasteiger partial charge in [0.25, 0.3) is 0 Å². The fourth-order valence-electron chi connectivity index (χ4n) is 3.65. The first-order chi connectivity index (χ1) is 17.3. The van der Waals surface area contributed by atoms with Gasteiger partial charge in [-0.1, -0.05) is 61.6 Å². The molecule has 37 heavy (non-hydrogen) atoms. The van der Waals surface area contributed by atoms with Crippen molar-refractivity contribution in [3.63, 3.8) is 0 Å². The van der Waals surface area contributed by atoms with Gasteiger partial charge in [0.05, 0.1) is 19.1 Å². The molecular formula is C25H32Cl3N3O5S. The van der Waals surface area contributed by atoms with Crippen LogP contribution in [-0.2, 0) is 26.2 Å². The summed E-state index contributed by atoms with van der Waals surface area (Å²) in [4.78, 5) is 28.3. The molecule has 1 unspecified atom stereocenters. The van der Waals surface area contributed by atoms with Crippen LogP contribution < -0.4 is 14.4 Å². The highest BCUT2D eigenvalue weighted by molar-refractivity contribution is 7.92. The number of carbonyl (C=O) groups is 2. The van der Waals surface area contributed by atoms with E-state index < -0.39 is 28.5 Å². The van der Waals surface area contributed by atoms with Crippen LogP contribution in [0.25, 0.3) is 0 Å². The highest BCUT2D eigenvalue weighted by atomic mass is 35.5. The molecule has 2 rings (SSSR count). The molecule has 1 atom stereocenters. The number of hydrogen-bond acceptors (Lipinski definition) is 5. The third kappa shape index (κ3) is 8.40. The molecule has 204 valence electrons. The van der Waals surface area contributed by atoms with E-state index in [0.717, 1.165) is 10.6 Å². The van der Waals surface area contributed by atoms with E-state index in [0.29, 0.717) is 22.2 Å². The van der Waals surface area contributed by atoms with Gasteiger partial charge >= 0.3 is 0 Å². The Morgan fingerprint density at radius 3 is 2.22 bits per heavy atom. The second-order valence-electron chi connectivity index (χ2n) is 8.87. The molecule has 0 aliphatic carbocycles. The molecule has 0 fully saturated rings. The molecule has 8 nitrogen and oxygen atoms in total. The molecule has 0 saturated heterocycles. The Hall–Kier alpha value is -2.20. The third-order valence-corrected chi connectivity index (χ3v) is 7.62. The SMILES string of the molecule is CCC(C(=O)NCC(C)C)N(Cc1c(Cl)cccc1Cl)C(=O)CN(c1cc(Cl)ccc1OC)S(C)(=O)=O. The number of rotatable bonds is 12. The van der Waals surface area contributed by atoms with Crippen molar-refractivity contribution in [2.75, 3.05) is 30.8 Å². The fourth-order valence-corrected chi connectivity index (χ4v) is 5.18. The number of nitrogens with one attached hydrogen (secondary N) is 1. The molecule has 2 aromatic carbocycles. The number of hydrogen-bond donors (Lipinski definition) is 1. The minimum absolute atomic E-state index is 0.0962. The van der Waals surface area contributed by atoms with Crippen molar-refractivity contribution in [1.29, 1.82) is 0 Å². The highest BCUT2D eigenvalue weighted by Crippen LogP contribution is 2.33. The maximum Gasteiger partial charge on any atom is 0.244 e. The lowest BCUT2D eigenvalue weighted by molar-refractivity contribution is -0.140. The molecular weight excluding hydrogens is 561 g/mol. The molecule has 0 aliphatic heterocycles. The van der Waals surface area contributed by atoms with E-state index in [-0.39, 0.29) is 41.3 Å². The summed E-state index contributed by atoms with van der Waals surface area (Å²) in [5.74, 6) is -0.585. The number of ether oxygens (including phenoxy) is 1. The van der Waals surface area contributed by atoms with E-state index >= 15 is 0 Å². The summed E-state index contributed by atoms with van der Waals surface area (Å²) in [5.41, 5.74) is 0.541. The van der Waals surface area contributed by atoms with Gasteiger partial charge in [0, 0.05) is 33.7 Å². The minimum Gasteiger partial charge on any atom is -0.495 e. The van der Waals surface area contributed by atoms with Crippen molar-refractivity contribution in [1.82, 2.24) is 10.2 Å². The van der Waals surface area contributed by atoms with Crippen molar-refractivity contribution in [2.45, 2.75) is 39.8 Å². The zero-order chi connectivity index (χ0) is 27.9. The predicted octanol–water partition coefficient (Wildman–Crippen LogP) is 5.00. The van der Waals surface area contributed by atoms with Crippen molar-refractivity contribution in [3.8, 4) is 5.75 Å². The maximum absolute atomic E-state index is 13.8. The topological polar surface area (TPSA) is 96.0 Å². The molecule has 1 N–H and O–H groups in total. The lowest BCUT2D eigenvalue weighted by Gasteiger charge is -2.33. The van der Waals surface area contributed by atoms with Gasteiger partial charge in [-0.15, -0.1) is 0 Å². The van der Waals surface area contributed by atoms with Crippen molar-refractivity contribution in [3.05, 3.63) is 57.0 Å². The molecule has 2 aromatic rings. The average Bonchev–Trinajstić information content (AvgIpc) is 2.81. The first kappa shape index (κ1) is 31.0. The standard InChI is InChI=1S/C25H32Cl3N3O5S/c1-6-21(25(33)29-13-16(2)3)30(14-18-19(27)8-7-9-20(18)28)24(32)15-31(37(5,34)35)22-12-17(26)10-11-23(22)36-4/h7-12,16,21H,6,13-15H2,1-5H3,(H,29,33). The average molecular weight is 593 g/mol. The van der Waals surface area contributed by atoms with Crippen LogP contribution in [0.1, 0.15) is 32.8 Å². The van der Waals surface area contributed by atoms with Crippen LogP contribution in [0.15, 0.2) is 36.4 Å². The molecule has 0 radical (unpaired) electrons. The summed E-state index contributed by atoms with van der Waals surface area (Å²) in [6, 6.07) is 8.48. The van der Waals surface area contributed by atoms with Crippen LogP contribution in [0.5, 0.6) is 5.75 Å². The summed E-state index contributed by atoms with van der Waals surface area (Å²) in [7, 11) is -2.58. The summed E-state index contributed by atoms with van der Waals surface area (Å²) in [5, 5.41) is 3.75. The van der Waals surface area contributed by atoms with Gasteiger partial charge in [-0.2, -0.15) is 0 Å². The third-order valence-electron chi connectivity index (χ3n) is 5.55. The molecule has 0 heterocycles. The molecule has 0 aliphatic rings. The summed E-state index contributed by atoms with van der Waals surface area (Å²) >= 11 is 18.9. The normalized spacial score (nSPS) is 12.2. The monoisotopic (exact) mass is 591 g/mol. The number of nitrogens with zero attached hydrogens (tertiary/aromatic N) is 2. The largest absolute Gasteiger partial charge is 0.495 e. The molecule has 0 saturated carbocycles. The minimum atomic E-state index is -3.96. The molecule has 0 aromatic heterocycles. The lowest BCUT2D eigenvalue weighted by Crippen LogP contribution is -2.52. The summed E-state index contributed by atoms with van der Waals surface area (Å²) < 4.78 is 31.9. The van der Waals surface area contributed by atoms with E-state index in [1.54, 1.807) is 31.2 Å². The molecule has 12 heteroatoms. The van der Waals surface area contributed by atoms with Crippen molar-refractivity contribution in [2.24, 2.45) is 5.92 Å². The Bertz CT molecular complexity index is 1200. The van der Waals surface area contributed by atoms with E-state index in [1.165, 1.54) is 24.1 Å². The van der Waals surface area contributed by atoms with Crippen molar-refractivity contribution >= 4 is 62.3 Å². The van der Waals surface area contributed by atoms with Gasteiger partial charge in [-0.25, -0.2) is 8.42 Å². The van der Waals surface area contributed by atoms with Crippen LogP contribution in [-0.4, -0.2) is 57.6 Å². The van der Waals surface area contributed by atoms with Gasteiger partial charge in [-0.05, 0) is 42.7 Å². The Morgan fingerprint density at radius 1 is 1.08 bits per heavy atom. The smallest absolute Gasteiger partial charge is 0.244 e. The van der Waals surface area contributed by atoms with E-state index in [1.807, 2.05) is 13.8 Å². The van der Waals surface area contributed by atoms with Gasteiger partial charge in [0.2, 0.25) is 21.8 Å². The lowest BCUT2D eigenvalue weighted by atomic mass is 10.1. The fraction of sp³-hybridized carbons (Fsp3) is 0.440. The number of amides is 2. The van der Waals surface area contributed by atoms with E-state index in [4.69, 9.17) is 39.5 Å². The van der Waals surface area contributed by atoms with Crippen LogP contribution in [0.3, 0.4) is 0 Å². The molecule has 2 amide bonds. The first-order valence-electron chi connectivity index (χ1n) is 11.6. The summed E-state index contributed by atoms with van der Waals surface area (Å²) in [6.07, 6.45) is 1.25. The van der Waals surface area contributed by atoms with Gasteiger partial charge in [0.1, 0.15) is 18.3 Å². The Labute approximate surface area is 233 Å². The number of anilines is 1. The number of carbonyl (C=O) groups excluding carboxylic acids is 2. The van der Waals surface area contributed by atoms with Crippen LogP contribution in [0.2, 0.25) is 15.1 Å². The number of halogens is 3. The van der Waals surface area contributed by atoms with Gasteiger partial charge in [-0.3, -0.25) is 13.9 Å². The van der Waals surface area contributed by atoms with Crippen LogP contribution in [0.4, 0.5) is 5.69 Å². The quantitative estimate of drug-likeness (QED) is 0.374. The van der Waals surface area contributed by atoms with Crippen LogP contribution in [0, 0.1) is 5.92 Å². The second-order valence-corrected chi connectivity index (χ2v) is 12.0. The predicted molar refractivity (Wildman–Crippen MR) is 149 cm³/mol. The molecule has 0 bridgehead atoms. The van der Waals surface area contributed by atoms with Gasteiger partial charge < -0.3 is 15.0 Å². The Kier molecular flexibility index (Phi) is 11.4. The number of methoxy groups -OCH3 is 1. The maximum atomic E-state index is 13.8. The summed E-state index contributed by atoms with van der Waals surface area (Å²) in [6.45, 7) is 5.38. The van der Waals surface area contributed by atoms with Crippen molar-refractivity contribution < 1.29 is 22.7 Å². The number of benzene rings is 2. The Morgan fingerprint density at radius 2 is 1.70 bits per heavy atom. The first-order valence-corrected chi connectivity index (χ1v) is 14.6. The molecule has 0 spiro atoms. The van der Waals surface area contributed by atoms with Crippen LogP contribution >= 0.6 is 34.8 Å². The van der Waals surface area contributed by atoms with E-state index in [2.05, 4.69) is 5.32 Å². The second kappa shape index (κ2) is 13.6. The zero-order valence-electron chi connectivity index (χ0n) is 21.4. The zero-order valence-corrected chi connectivity index (χ0v) is 24.5. The van der Waals surface area contributed by atoms with Gasteiger partial charge in [0.15, 0.2) is 0 Å². The highest BCUT2D eigenvalue weighted by Gasteiger charge is 2.33. The Balaban J connectivity index is 2.55.